The Morgan fingerprint density at radius 1 is 0.952 bits per heavy atom. The van der Waals surface area contributed by atoms with E-state index in [1.807, 2.05) is 20.8 Å². The van der Waals surface area contributed by atoms with Crippen molar-refractivity contribution in [2.24, 2.45) is 0 Å². The second-order valence-electron chi connectivity index (χ2n) is 10.6. The SMILES string of the molecule is CC[C@H](C(=O)NC(C)(C)C)N(Cc1c(Cl)cccc1Cl)C(=O)CN(c1cccc(Cl)c1)S(=O)(=O)c1ccc(OC)cc1. The zero-order valence-electron chi connectivity index (χ0n) is 24.0. The molecule has 0 aromatic heterocycles. The van der Waals surface area contributed by atoms with Crippen LogP contribution in [0.1, 0.15) is 39.7 Å². The van der Waals surface area contributed by atoms with Crippen molar-refractivity contribution < 1.29 is 22.7 Å². The summed E-state index contributed by atoms with van der Waals surface area (Å²) in [6, 6.07) is 16.0. The van der Waals surface area contributed by atoms with Crippen LogP contribution in [0.5, 0.6) is 5.75 Å². The molecule has 1 N–H and O–H groups in total. The number of hydrogen-bond donors (Lipinski definition) is 1. The summed E-state index contributed by atoms with van der Waals surface area (Å²) >= 11 is 19.1. The molecule has 0 saturated carbocycles. The van der Waals surface area contributed by atoms with Crippen molar-refractivity contribution >= 4 is 62.3 Å². The van der Waals surface area contributed by atoms with Crippen molar-refractivity contribution in [1.82, 2.24) is 10.2 Å². The van der Waals surface area contributed by atoms with Gasteiger partial charge >= 0.3 is 0 Å². The lowest BCUT2D eigenvalue weighted by molar-refractivity contribution is -0.141. The van der Waals surface area contributed by atoms with Gasteiger partial charge in [0.25, 0.3) is 10.0 Å². The lowest BCUT2D eigenvalue weighted by Crippen LogP contribution is -2.55. The molecule has 3 aromatic carbocycles. The highest BCUT2D eigenvalue weighted by Crippen LogP contribution is 2.30. The third kappa shape index (κ3) is 8.31. The van der Waals surface area contributed by atoms with Crippen molar-refractivity contribution in [1.29, 1.82) is 0 Å². The van der Waals surface area contributed by atoms with Gasteiger partial charge in [0.1, 0.15) is 18.3 Å². The number of nitrogens with zero attached hydrogens (tertiary/aromatic N) is 2. The average molecular weight is 655 g/mol. The van der Waals surface area contributed by atoms with Gasteiger partial charge in [-0.15, -0.1) is 0 Å². The Balaban J connectivity index is 2.12. The normalized spacial score (nSPS) is 12.4. The van der Waals surface area contributed by atoms with Gasteiger partial charge in [0.05, 0.1) is 17.7 Å². The molecule has 1 atom stereocenters. The Kier molecular flexibility index (Phi) is 11.2. The maximum Gasteiger partial charge on any atom is 0.264 e. The molecule has 0 bridgehead atoms. The first-order valence-electron chi connectivity index (χ1n) is 13.1. The van der Waals surface area contributed by atoms with Crippen LogP contribution < -0.4 is 14.4 Å². The first kappa shape index (κ1) is 33.5. The molecule has 0 radical (unpaired) electrons. The van der Waals surface area contributed by atoms with Gasteiger partial charge in [0, 0.05) is 32.7 Å². The van der Waals surface area contributed by atoms with Crippen LogP contribution in [-0.4, -0.2) is 50.4 Å². The van der Waals surface area contributed by atoms with E-state index in [1.165, 1.54) is 42.3 Å². The van der Waals surface area contributed by atoms with E-state index in [4.69, 9.17) is 39.5 Å². The molecule has 0 heterocycles. The minimum absolute atomic E-state index is 0.0608. The molecule has 0 saturated heterocycles. The number of carbonyl (C=O) groups is 2. The first-order chi connectivity index (χ1) is 19.7. The van der Waals surface area contributed by atoms with Crippen LogP contribution >= 0.6 is 34.8 Å². The minimum Gasteiger partial charge on any atom is -0.497 e. The van der Waals surface area contributed by atoms with E-state index in [1.54, 1.807) is 43.3 Å². The molecule has 0 fully saturated rings. The number of anilines is 1. The molecule has 0 aliphatic heterocycles. The van der Waals surface area contributed by atoms with Crippen molar-refractivity contribution in [3.8, 4) is 5.75 Å². The number of carbonyl (C=O) groups excluding carboxylic acids is 2. The summed E-state index contributed by atoms with van der Waals surface area (Å²) in [4.78, 5) is 28.9. The van der Waals surface area contributed by atoms with E-state index >= 15 is 0 Å². The van der Waals surface area contributed by atoms with Crippen LogP contribution in [0.2, 0.25) is 15.1 Å². The molecule has 0 aliphatic rings. The quantitative estimate of drug-likeness (QED) is 0.252. The van der Waals surface area contributed by atoms with Crippen LogP contribution in [0, 0.1) is 0 Å². The summed E-state index contributed by atoms with van der Waals surface area (Å²) in [7, 11) is -2.80. The largest absolute Gasteiger partial charge is 0.497 e. The lowest BCUT2D eigenvalue weighted by atomic mass is 10.1. The van der Waals surface area contributed by atoms with Crippen LogP contribution in [0.15, 0.2) is 71.6 Å². The molecule has 0 unspecified atom stereocenters. The number of sulfonamides is 1. The van der Waals surface area contributed by atoms with Crippen molar-refractivity contribution in [3.63, 3.8) is 0 Å². The second-order valence-corrected chi connectivity index (χ2v) is 13.7. The van der Waals surface area contributed by atoms with E-state index in [0.29, 0.717) is 21.4 Å². The van der Waals surface area contributed by atoms with Crippen LogP contribution in [0.4, 0.5) is 5.69 Å². The Labute approximate surface area is 262 Å². The van der Waals surface area contributed by atoms with Crippen molar-refractivity contribution in [2.75, 3.05) is 18.0 Å². The summed E-state index contributed by atoms with van der Waals surface area (Å²) in [5, 5.41) is 3.82. The molecule has 226 valence electrons. The Morgan fingerprint density at radius 3 is 2.07 bits per heavy atom. The predicted molar refractivity (Wildman–Crippen MR) is 168 cm³/mol. The summed E-state index contributed by atoms with van der Waals surface area (Å²) < 4.78 is 34.1. The molecule has 0 spiro atoms. The van der Waals surface area contributed by atoms with Crippen molar-refractivity contribution in [3.05, 3.63) is 87.4 Å². The molecule has 0 aliphatic carbocycles. The predicted octanol–water partition coefficient (Wildman–Crippen LogP) is 6.57. The van der Waals surface area contributed by atoms with Gasteiger partial charge < -0.3 is 15.0 Å². The van der Waals surface area contributed by atoms with E-state index in [2.05, 4.69) is 5.32 Å². The first-order valence-corrected chi connectivity index (χ1v) is 15.7. The molecular formula is C30H34Cl3N3O5S. The van der Waals surface area contributed by atoms with Crippen molar-refractivity contribution in [2.45, 2.75) is 57.1 Å². The number of methoxy groups -OCH3 is 1. The Hall–Kier alpha value is -2.98. The van der Waals surface area contributed by atoms with Gasteiger partial charge in [0.2, 0.25) is 11.8 Å². The molecular weight excluding hydrogens is 621 g/mol. The van der Waals surface area contributed by atoms with Gasteiger partial charge in [0.15, 0.2) is 0 Å². The fourth-order valence-electron chi connectivity index (χ4n) is 4.26. The van der Waals surface area contributed by atoms with Crippen LogP contribution in [0.25, 0.3) is 0 Å². The average Bonchev–Trinajstić information content (AvgIpc) is 2.92. The zero-order chi connectivity index (χ0) is 31.2. The maximum absolute atomic E-state index is 14.2. The Bertz CT molecular complexity index is 1510. The monoisotopic (exact) mass is 653 g/mol. The number of halogens is 3. The third-order valence-corrected chi connectivity index (χ3v) is 9.03. The standard InChI is InChI=1S/C30H34Cl3N3O5S/c1-6-27(29(38)34-30(2,3)4)35(18-24-25(32)11-8-12-26(24)33)28(37)19-36(21-10-7-9-20(31)17-21)42(39,40)23-15-13-22(41-5)14-16-23/h7-17,27H,6,18-19H2,1-5H3,(H,34,38)/t27-/m1/s1. The number of amides is 2. The zero-order valence-corrected chi connectivity index (χ0v) is 27.1. The second kappa shape index (κ2) is 14.0. The highest BCUT2D eigenvalue weighted by atomic mass is 35.5. The van der Waals surface area contributed by atoms with Crippen LogP contribution in [-0.2, 0) is 26.2 Å². The number of benzene rings is 3. The number of rotatable bonds is 11. The lowest BCUT2D eigenvalue weighted by Gasteiger charge is -2.35. The Morgan fingerprint density at radius 2 is 1.55 bits per heavy atom. The highest BCUT2D eigenvalue weighted by molar-refractivity contribution is 7.92. The fraction of sp³-hybridized carbons (Fsp3) is 0.333. The van der Waals surface area contributed by atoms with Gasteiger partial charge in [-0.05, 0) is 81.8 Å². The van der Waals surface area contributed by atoms with E-state index in [9.17, 15) is 18.0 Å². The molecule has 3 rings (SSSR count). The molecule has 12 heteroatoms. The third-order valence-electron chi connectivity index (χ3n) is 6.30. The smallest absolute Gasteiger partial charge is 0.264 e. The van der Waals surface area contributed by atoms with Gasteiger partial charge in [-0.3, -0.25) is 13.9 Å². The van der Waals surface area contributed by atoms with Crippen LogP contribution in [0.3, 0.4) is 0 Å². The number of ether oxygens (including phenoxy) is 1. The molecule has 3 aromatic rings. The van der Waals surface area contributed by atoms with E-state index in [0.717, 1.165) is 4.31 Å². The molecule has 8 nitrogen and oxygen atoms in total. The molecule has 42 heavy (non-hydrogen) atoms. The fourth-order valence-corrected chi connectivity index (χ4v) is 6.37. The summed E-state index contributed by atoms with van der Waals surface area (Å²) in [5.74, 6) is -0.564. The number of hydrogen-bond acceptors (Lipinski definition) is 5. The van der Waals surface area contributed by atoms with Gasteiger partial charge in [-0.25, -0.2) is 8.42 Å². The van der Waals surface area contributed by atoms with E-state index in [-0.39, 0.29) is 28.6 Å². The van der Waals surface area contributed by atoms with Gasteiger partial charge in [-0.2, -0.15) is 0 Å². The summed E-state index contributed by atoms with van der Waals surface area (Å²) in [6.07, 6.45) is 0.248. The summed E-state index contributed by atoms with van der Waals surface area (Å²) in [6.45, 7) is 6.50. The van der Waals surface area contributed by atoms with E-state index < -0.39 is 40.0 Å². The maximum atomic E-state index is 14.2. The number of nitrogens with one attached hydrogen (secondary N) is 1. The molecule has 2 amide bonds. The highest BCUT2D eigenvalue weighted by Gasteiger charge is 2.35. The topological polar surface area (TPSA) is 96.0 Å². The minimum atomic E-state index is -4.28. The van der Waals surface area contributed by atoms with Gasteiger partial charge in [-0.1, -0.05) is 53.9 Å². The summed E-state index contributed by atoms with van der Waals surface area (Å²) in [5.41, 5.74) is 0.0318.